The minimum absolute atomic E-state index is 0.0158. The minimum atomic E-state index is -0.556. The summed E-state index contributed by atoms with van der Waals surface area (Å²) >= 11 is 0. The second kappa shape index (κ2) is 9.05. The number of pyridine rings is 1. The molecular weight excluding hydrogens is 486 g/mol. The zero-order valence-electron chi connectivity index (χ0n) is 21.0. The Bertz CT molecular complexity index is 1510. The number of carbonyl (C=O) groups is 2. The van der Waals surface area contributed by atoms with Crippen LogP contribution in [0.25, 0.3) is 16.8 Å². The molecule has 0 aliphatic heterocycles. The molecule has 0 saturated heterocycles. The number of amides is 2. The van der Waals surface area contributed by atoms with Crippen LogP contribution < -0.4 is 15.8 Å². The lowest BCUT2D eigenvalue weighted by Gasteiger charge is -2.57. The highest BCUT2D eigenvalue weighted by molar-refractivity contribution is 5.96. The van der Waals surface area contributed by atoms with Crippen LogP contribution in [-0.4, -0.2) is 58.9 Å². The minimum Gasteiger partial charge on any atom is -0.474 e. The fourth-order valence-corrected chi connectivity index (χ4v) is 5.70. The predicted molar refractivity (Wildman–Crippen MR) is 135 cm³/mol. The normalized spacial score (nSPS) is 21.9. The zero-order chi connectivity index (χ0) is 26.4. The van der Waals surface area contributed by atoms with Crippen molar-refractivity contribution < 1.29 is 14.3 Å². The van der Waals surface area contributed by atoms with E-state index in [2.05, 4.69) is 30.9 Å². The number of primary amides is 1. The van der Waals surface area contributed by atoms with Crippen molar-refractivity contribution in [3.05, 3.63) is 65.9 Å². The van der Waals surface area contributed by atoms with Gasteiger partial charge >= 0.3 is 0 Å². The zero-order valence-corrected chi connectivity index (χ0v) is 21.0. The van der Waals surface area contributed by atoms with Gasteiger partial charge in [0.05, 0.1) is 11.4 Å². The molecule has 2 amide bonds. The lowest BCUT2D eigenvalue weighted by atomic mass is 9.53. The lowest BCUT2D eigenvalue weighted by molar-refractivity contribution is -0.0848. The molecular formula is C26H27N9O3. The topological polar surface area (TPSA) is 156 Å². The Labute approximate surface area is 218 Å². The molecule has 4 aromatic rings. The van der Waals surface area contributed by atoms with Crippen LogP contribution in [0.4, 0.5) is 0 Å². The first-order valence-electron chi connectivity index (χ1n) is 12.4. The first-order valence-corrected chi connectivity index (χ1v) is 12.4. The van der Waals surface area contributed by atoms with Crippen molar-refractivity contribution in [2.24, 2.45) is 18.2 Å². The molecule has 1 spiro atoms. The number of benzene rings is 1. The second-order valence-electron chi connectivity index (χ2n) is 10.3. The number of nitrogens with one attached hydrogen (secondary N) is 1. The average molecular weight is 514 g/mol. The number of rotatable bonds is 7. The fourth-order valence-electron chi connectivity index (χ4n) is 5.70. The molecule has 2 aliphatic carbocycles. The van der Waals surface area contributed by atoms with E-state index in [0.717, 1.165) is 42.5 Å². The molecule has 0 atom stereocenters. The van der Waals surface area contributed by atoms with Gasteiger partial charge in [-0.15, -0.1) is 5.10 Å². The standard InChI is InChI=1S/C26H27N9O3/c1-15-22(13-34(2)31-15)16-6-17(8-19(7-16)35-14-29-32-33-35)24(37)30-18-9-26(10-18)11-20(12-26)38-25-21(23(27)36)4-3-5-28-25/h3-8,13-14,18,20H,9-12H2,1-2H3,(H2,27,36)(H,30,37)/t18-,20-,26?. The van der Waals surface area contributed by atoms with Crippen molar-refractivity contribution >= 4 is 11.8 Å². The number of nitrogens with two attached hydrogens (primary N) is 1. The van der Waals surface area contributed by atoms with E-state index in [9.17, 15) is 9.59 Å². The van der Waals surface area contributed by atoms with Gasteiger partial charge in [0.15, 0.2) is 0 Å². The van der Waals surface area contributed by atoms with Crippen LogP contribution in [0.15, 0.2) is 49.1 Å². The van der Waals surface area contributed by atoms with Gasteiger partial charge in [-0.1, -0.05) is 0 Å². The van der Waals surface area contributed by atoms with E-state index >= 15 is 0 Å². The molecule has 0 radical (unpaired) electrons. The molecule has 3 aromatic heterocycles. The highest BCUT2D eigenvalue weighted by atomic mass is 16.5. The van der Waals surface area contributed by atoms with Crippen LogP contribution in [0.1, 0.15) is 52.1 Å². The number of hydrogen-bond donors (Lipinski definition) is 2. The van der Waals surface area contributed by atoms with Crippen molar-refractivity contribution in [3.63, 3.8) is 0 Å². The maximum absolute atomic E-state index is 13.3. The third-order valence-corrected chi connectivity index (χ3v) is 7.45. The number of aryl methyl sites for hydroxylation is 2. The molecule has 1 aromatic carbocycles. The molecule has 2 saturated carbocycles. The maximum Gasteiger partial charge on any atom is 0.254 e. The van der Waals surface area contributed by atoms with E-state index in [1.807, 2.05) is 32.3 Å². The van der Waals surface area contributed by atoms with Gasteiger partial charge in [-0.2, -0.15) is 5.10 Å². The summed E-state index contributed by atoms with van der Waals surface area (Å²) in [5.74, 6) is -0.417. The van der Waals surface area contributed by atoms with E-state index in [1.54, 1.807) is 29.1 Å². The Morgan fingerprint density at radius 2 is 2.00 bits per heavy atom. The highest BCUT2D eigenvalue weighted by Crippen LogP contribution is 2.56. The Hall–Kier alpha value is -4.61. The van der Waals surface area contributed by atoms with Crippen LogP contribution >= 0.6 is 0 Å². The number of aromatic nitrogens is 7. The van der Waals surface area contributed by atoms with Gasteiger partial charge in [-0.05, 0) is 84.3 Å². The van der Waals surface area contributed by atoms with Gasteiger partial charge in [0.2, 0.25) is 5.88 Å². The highest BCUT2D eigenvalue weighted by Gasteiger charge is 2.54. The molecule has 194 valence electrons. The summed E-state index contributed by atoms with van der Waals surface area (Å²) in [4.78, 5) is 29.1. The quantitative estimate of drug-likeness (QED) is 0.380. The number of tetrazole rings is 1. The van der Waals surface area contributed by atoms with Gasteiger partial charge in [0.1, 0.15) is 18.0 Å². The van der Waals surface area contributed by atoms with E-state index in [1.165, 1.54) is 11.0 Å². The van der Waals surface area contributed by atoms with Gasteiger partial charge in [0, 0.05) is 36.6 Å². The van der Waals surface area contributed by atoms with E-state index in [4.69, 9.17) is 10.5 Å². The number of ether oxygens (including phenoxy) is 1. The van der Waals surface area contributed by atoms with Crippen molar-refractivity contribution in [2.75, 3.05) is 0 Å². The van der Waals surface area contributed by atoms with Gasteiger partial charge in [0.25, 0.3) is 11.8 Å². The Morgan fingerprint density at radius 3 is 2.68 bits per heavy atom. The van der Waals surface area contributed by atoms with Crippen molar-refractivity contribution in [1.82, 2.24) is 40.3 Å². The number of nitrogens with zero attached hydrogens (tertiary/aromatic N) is 7. The van der Waals surface area contributed by atoms with Crippen LogP contribution in [0.3, 0.4) is 0 Å². The first-order chi connectivity index (χ1) is 18.3. The molecule has 3 N–H and O–H groups in total. The lowest BCUT2D eigenvalue weighted by Crippen LogP contribution is -2.58. The van der Waals surface area contributed by atoms with Crippen molar-refractivity contribution in [2.45, 2.75) is 44.8 Å². The van der Waals surface area contributed by atoms with E-state index in [0.29, 0.717) is 11.3 Å². The Balaban J connectivity index is 1.12. The molecule has 3 heterocycles. The van der Waals surface area contributed by atoms with Gasteiger partial charge in [-0.3, -0.25) is 14.3 Å². The maximum atomic E-state index is 13.3. The number of carbonyl (C=O) groups excluding carboxylic acids is 2. The predicted octanol–water partition coefficient (Wildman–Crippen LogP) is 1.99. The van der Waals surface area contributed by atoms with Crippen LogP contribution in [-0.2, 0) is 7.05 Å². The summed E-state index contributed by atoms with van der Waals surface area (Å²) in [7, 11) is 1.87. The first kappa shape index (κ1) is 23.8. The smallest absolute Gasteiger partial charge is 0.254 e. The molecule has 38 heavy (non-hydrogen) atoms. The molecule has 0 bridgehead atoms. The van der Waals surface area contributed by atoms with Crippen molar-refractivity contribution in [1.29, 1.82) is 0 Å². The summed E-state index contributed by atoms with van der Waals surface area (Å²) < 4.78 is 9.23. The second-order valence-corrected chi connectivity index (χ2v) is 10.3. The monoisotopic (exact) mass is 513 g/mol. The summed E-state index contributed by atoms with van der Waals surface area (Å²) in [6.07, 6.45) is 8.46. The third kappa shape index (κ3) is 4.38. The van der Waals surface area contributed by atoms with Crippen LogP contribution in [0.2, 0.25) is 0 Å². The summed E-state index contributed by atoms with van der Waals surface area (Å²) in [5, 5.41) is 19.1. The van der Waals surface area contributed by atoms with E-state index in [-0.39, 0.29) is 34.9 Å². The van der Waals surface area contributed by atoms with Crippen LogP contribution in [0, 0.1) is 12.3 Å². The van der Waals surface area contributed by atoms with Gasteiger partial charge in [-0.25, -0.2) is 9.67 Å². The largest absolute Gasteiger partial charge is 0.474 e. The van der Waals surface area contributed by atoms with E-state index < -0.39 is 5.91 Å². The number of hydrogen-bond acceptors (Lipinski definition) is 8. The third-order valence-electron chi connectivity index (χ3n) is 7.45. The summed E-state index contributed by atoms with van der Waals surface area (Å²) in [6, 6.07) is 8.95. The molecule has 6 rings (SSSR count). The Kier molecular flexibility index (Phi) is 5.66. The Morgan fingerprint density at radius 1 is 1.18 bits per heavy atom. The summed E-state index contributed by atoms with van der Waals surface area (Å²) in [5.41, 5.74) is 9.75. The SMILES string of the molecule is Cc1nn(C)cc1-c1cc(C(=O)N[C@H]2CC3(C2)C[C@H](Oc2ncccc2C(N)=O)C3)cc(-n2cnnn2)c1. The van der Waals surface area contributed by atoms with Crippen LogP contribution in [0.5, 0.6) is 5.88 Å². The van der Waals surface area contributed by atoms with Gasteiger partial charge < -0.3 is 15.8 Å². The molecule has 2 aliphatic rings. The molecule has 2 fully saturated rings. The molecule has 0 unspecified atom stereocenters. The average Bonchev–Trinajstić information content (AvgIpc) is 3.50. The summed E-state index contributed by atoms with van der Waals surface area (Å²) in [6.45, 7) is 1.94. The molecule has 12 nitrogen and oxygen atoms in total. The molecule has 12 heteroatoms. The van der Waals surface area contributed by atoms with Crippen molar-refractivity contribution in [3.8, 4) is 22.7 Å². The fraction of sp³-hybridized carbons (Fsp3) is 0.346.